The van der Waals surface area contributed by atoms with Crippen LogP contribution in [0.4, 0.5) is 0 Å². The van der Waals surface area contributed by atoms with E-state index in [2.05, 4.69) is 38.1 Å². The molecule has 13 heavy (non-hydrogen) atoms. The van der Waals surface area contributed by atoms with Crippen LogP contribution in [-0.4, -0.2) is 0 Å². The summed E-state index contributed by atoms with van der Waals surface area (Å²) in [5, 5.41) is 6.39. The normalized spacial score (nSPS) is 10.6. The summed E-state index contributed by atoms with van der Waals surface area (Å²) in [6.07, 6.45) is 0. The molecule has 0 spiro atoms. The summed E-state index contributed by atoms with van der Waals surface area (Å²) in [6, 6.07) is 2.15. The van der Waals surface area contributed by atoms with Gasteiger partial charge in [-0.1, -0.05) is 0 Å². The van der Waals surface area contributed by atoms with Gasteiger partial charge in [0.2, 0.25) is 0 Å². The highest BCUT2D eigenvalue weighted by molar-refractivity contribution is 9.10. The lowest BCUT2D eigenvalue weighted by atomic mass is 10.2. The fourth-order valence-electron chi connectivity index (χ4n) is 1.12. The van der Waals surface area contributed by atoms with Gasteiger partial charge in [0.15, 0.2) is 0 Å². The number of nitrogens with two attached hydrogens (primary N) is 1. The summed E-state index contributed by atoms with van der Waals surface area (Å²) in [7, 11) is 0. The Hall–Kier alpha value is -0.160. The Kier molecular flexibility index (Phi) is 2.83. The van der Waals surface area contributed by atoms with Gasteiger partial charge in [0.25, 0.3) is 0 Å². The molecule has 0 radical (unpaired) electrons. The van der Waals surface area contributed by atoms with Gasteiger partial charge in [-0.2, -0.15) is 11.3 Å². The quantitative estimate of drug-likeness (QED) is 0.887. The average molecular weight is 274 g/mol. The lowest BCUT2D eigenvalue weighted by Crippen LogP contribution is -1.91. The molecule has 1 nitrogen and oxygen atoms in total. The van der Waals surface area contributed by atoms with E-state index in [-0.39, 0.29) is 0 Å². The summed E-state index contributed by atoms with van der Waals surface area (Å²) < 4.78 is 1.17. The molecule has 68 valence electrons. The second kappa shape index (κ2) is 3.92. The third kappa shape index (κ3) is 1.86. The molecule has 4 heteroatoms. The molecule has 0 aliphatic rings. The molecular formula is C9H8BrNS2. The van der Waals surface area contributed by atoms with Crippen molar-refractivity contribution in [3.63, 3.8) is 0 Å². The monoisotopic (exact) mass is 273 g/mol. The molecule has 0 aliphatic carbocycles. The highest BCUT2D eigenvalue weighted by atomic mass is 79.9. The van der Waals surface area contributed by atoms with Gasteiger partial charge < -0.3 is 5.73 Å². The Labute approximate surface area is 93.3 Å². The van der Waals surface area contributed by atoms with Gasteiger partial charge in [0, 0.05) is 26.8 Å². The van der Waals surface area contributed by atoms with Crippen molar-refractivity contribution in [2.24, 2.45) is 5.73 Å². The summed E-state index contributed by atoms with van der Waals surface area (Å²) >= 11 is 6.94. The van der Waals surface area contributed by atoms with E-state index < -0.39 is 0 Å². The molecule has 2 aromatic rings. The van der Waals surface area contributed by atoms with Crippen LogP contribution in [0.25, 0.3) is 11.1 Å². The first kappa shape index (κ1) is 9.40. The molecule has 0 saturated heterocycles. The summed E-state index contributed by atoms with van der Waals surface area (Å²) in [5.74, 6) is 0. The molecule has 0 fully saturated rings. The van der Waals surface area contributed by atoms with Gasteiger partial charge in [-0.05, 0) is 38.3 Å². The highest BCUT2D eigenvalue weighted by Crippen LogP contribution is 2.34. The molecule has 0 aromatic carbocycles. The lowest BCUT2D eigenvalue weighted by molar-refractivity contribution is 1.11. The fraction of sp³-hybridized carbons (Fsp3) is 0.111. The van der Waals surface area contributed by atoms with Gasteiger partial charge in [-0.25, -0.2) is 0 Å². The van der Waals surface area contributed by atoms with Crippen LogP contribution in [0.5, 0.6) is 0 Å². The topological polar surface area (TPSA) is 26.0 Å². The van der Waals surface area contributed by atoms with Crippen molar-refractivity contribution in [2.45, 2.75) is 6.54 Å². The predicted octanol–water partition coefficient (Wildman–Crippen LogP) is 3.70. The summed E-state index contributed by atoms with van der Waals surface area (Å²) in [6.45, 7) is 0.631. The van der Waals surface area contributed by atoms with Crippen molar-refractivity contribution < 1.29 is 0 Å². The molecule has 0 amide bonds. The number of rotatable bonds is 2. The van der Waals surface area contributed by atoms with Gasteiger partial charge in [0.05, 0.1) is 0 Å². The lowest BCUT2D eigenvalue weighted by Gasteiger charge is -1.92. The highest BCUT2D eigenvalue weighted by Gasteiger charge is 2.05. The van der Waals surface area contributed by atoms with Crippen molar-refractivity contribution in [3.05, 3.63) is 31.6 Å². The molecule has 2 heterocycles. The van der Waals surface area contributed by atoms with Crippen LogP contribution in [0.15, 0.2) is 26.7 Å². The maximum absolute atomic E-state index is 5.56. The number of thiophene rings is 2. The molecule has 2 N–H and O–H groups in total. The second-order valence-electron chi connectivity index (χ2n) is 2.64. The SMILES string of the molecule is NCc1cc(-c2cscc2Br)cs1. The van der Waals surface area contributed by atoms with E-state index in [1.165, 1.54) is 20.5 Å². The van der Waals surface area contributed by atoms with Crippen molar-refractivity contribution >= 4 is 38.6 Å². The molecule has 0 atom stereocenters. The van der Waals surface area contributed by atoms with Gasteiger partial charge in [0.1, 0.15) is 0 Å². The average Bonchev–Trinajstić information content (AvgIpc) is 2.71. The van der Waals surface area contributed by atoms with Crippen LogP contribution in [0.1, 0.15) is 4.88 Å². The molecular weight excluding hydrogens is 266 g/mol. The Bertz CT molecular complexity index is 405. The van der Waals surface area contributed by atoms with Gasteiger partial charge in [-0.3, -0.25) is 0 Å². The van der Waals surface area contributed by atoms with E-state index in [0.717, 1.165) is 0 Å². The minimum absolute atomic E-state index is 0.631. The Morgan fingerprint density at radius 2 is 2.15 bits per heavy atom. The van der Waals surface area contributed by atoms with Crippen LogP contribution >= 0.6 is 38.6 Å². The molecule has 2 aromatic heterocycles. The van der Waals surface area contributed by atoms with E-state index in [0.29, 0.717) is 6.54 Å². The molecule has 0 bridgehead atoms. The molecule has 0 aliphatic heterocycles. The first-order valence-corrected chi connectivity index (χ1v) is 6.42. The Balaban J connectivity index is 2.41. The Morgan fingerprint density at radius 3 is 2.69 bits per heavy atom. The fourth-order valence-corrected chi connectivity index (χ4v) is 3.41. The number of hydrogen-bond donors (Lipinski definition) is 1. The first-order chi connectivity index (χ1) is 6.31. The Morgan fingerprint density at radius 1 is 1.31 bits per heavy atom. The van der Waals surface area contributed by atoms with Crippen LogP contribution in [0, 0.1) is 0 Å². The van der Waals surface area contributed by atoms with Crippen LogP contribution in [0.2, 0.25) is 0 Å². The number of hydrogen-bond acceptors (Lipinski definition) is 3. The van der Waals surface area contributed by atoms with E-state index in [1.54, 1.807) is 22.7 Å². The second-order valence-corrected chi connectivity index (χ2v) is 5.23. The van der Waals surface area contributed by atoms with E-state index in [4.69, 9.17) is 5.73 Å². The molecule has 0 saturated carbocycles. The zero-order valence-corrected chi connectivity index (χ0v) is 10.0. The van der Waals surface area contributed by atoms with E-state index in [9.17, 15) is 0 Å². The van der Waals surface area contributed by atoms with Crippen molar-refractivity contribution in [2.75, 3.05) is 0 Å². The number of halogens is 1. The van der Waals surface area contributed by atoms with Crippen molar-refractivity contribution in [1.82, 2.24) is 0 Å². The van der Waals surface area contributed by atoms with Gasteiger partial charge in [-0.15, -0.1) is 11.3 Å². The summed E-state index contributed by atoms with van der Waals surface area (Å²) in [5.41, 5.74) is 8.08. The third-order valence-corrected chi connectivity index (χ3v) is 4.44. The van der Waals surface area contributed by atoms with Crippen molar-refractivity contribution in [3.8, 4) is 11.1 Å². The van der Waals surface area contributed by atoms with Crippen LogP contribution in [-0.2, 0) is 6.54 Å². The zero-order valence-electron chi connectivity index (χ0n) is 6.79. The minimum Gasteiger partial charge on any atom is -0.326 e. The molecule has 2 rings (SSSR count). The largest absolute Gasteiger partial charge is 0.326 e. The van der Waals surface area contributed by atoms with E-state index >= 15 is 0 Å². The predicted molar refractivity (Wildman–Crippen MR) is 63.2 cm³/mol. The maximum Gasteiger partial charge on any atom is 0.0361 e. The minimum atomic E-state index is 0.631. The molecule has 0 unspecified atom stereocenters. The zero-order chi connectivity index (χ0) is 9.26. The van der Waals surface area contributed by atoms with Crippen molar-refractivity contribution in [1.29, 1.82) is 0 Å². The van der Waals surface area contributed by atoms with Crippen LogP contribution in [0.3, 0.4) is 0 Å². The maximum atomic E-state index is 5.56. The smallest absolute Gasteiger partial charge is 0.0361 e. The third-order valence-electron chi connectivity index (χ3n) is 1.78. The first-order valence-electron chi connectivity index (χ1n) is 3.81. The van der Waals surface area contributed by atoms with E-state index in [1.807, 2.05) is 0 Å². The van der Waals surface area contributed by atoms with Crippen LogP contribution < -0.4 is 5.73 Å². The summed E-state index contributed by atoms with van der Waals surface area (Å²) in [4.78, 5) is 1.23. The standard InChI is InChI=1S/C9H8BrNS2/c10-9-5-12-4-8(9)6-1-7(2-11)13-3-6/h1,3-5H,2,11H2. The van der Waals surface area contributed by atoms with Gasteiger partial charge >= 0.3 is 0 Å².